The Kier molecular flexibility index (Phi) is 5.55. The summed E-state index contributed by atoms with van der Waals surface area (Å²) in [6.07, 6.45) is 1.24. The smallest absolute Gasteiger partial charge is 0.251 e. The van der Waals surface area contributed by atoms with E-state index in [0.29, 0.717) is 23.9 Å². The molecule has 1 saturated heterocycles. The molecule has 5 heteroatoms. The van der Waals surface area contributed by atoms with Crippen LogP contribution in [0, 0.1) is 11.8 Å². The van der Waals surface area contributed by atoms with Crippen molar-refractivity contribution < 1.29 is 9.59 Å². The Morgan fingerprint density at radius 3 is 2.27 bits per heavy atom. The Labute approximate surface area is 132 Å². The van der Waals surface area contributed by atoms with Crippen LogP contribution in [-0.4, -0.2) is 43.4 Å². The van der Waals surface area contributed by atoms with E-state index < -0.39 is 0 Å². The monoisotopic (exact) mass is 303 g/mol. The number of piperidine rings is 1. The highest BCUT2D eigenvalue weighted by Gasteiger charge is 2.23. The van der Waals surface area contributed by atoms with Crippen LogP contribution < -0.4 is 10.6 Å². The van der Waals surface area contributed by atoms with E-state index in [9.17, 15) is 9.59 Å². The van der Waals surface area contributed by atoms with E-state index in [-0.39, 0.29) is 11.8 Å². The zero-order chi connectivity index (χ0) is 16.1. The van der Waals surface area contributed by atoms with Crippen molar-refractivity contribution in [2.45, 2.75) is 20.3 Å². The lowest BCUT2D eigenvalue weighted by molar-refractivity contribution is -0.117. The van der Waals surface area contributed by atoms with E-state index in [1.807, 2.05) is 0 Å². The fourth-order valence-electron chi connectivity index (χ4n) is 3.17. The van der Waals surface area contributed by atoms with Crippen molar-refractivity contribution in [3.63, 3.8) is 0 Å². The molecule has 0 radical (unpaired) electrons. The summed E-state index contributed by atoms with van der Waals surface area (Å²) in [7, 11) is 1.60. The van der Waals surface area contributed by atoms with E-state index in [2.05, 4.69) is 29.4 Å². The summed E-state index contributed by atoms with van der Waals surface area (Å²) in [5.74, 6) is 1.15. The van der Waals surface area contributed by atoms with Gasteiger partial charge in [-0.2, -0.15) is 0 Å². The van der Waals surface area contributed by atoms with Crippen LogP contribution in [0.2, 0.25) is 0 Å². The first-order valence-corrected chi connectivity index (χ1v) is 7.82. The summed E-state index contributed by atoms with van der Waals surface area (Å²) in [6.45, 7) is 6.85. The standard InChI is InChI=1S/C17H25N3O2/c1-12-8-13(2)10-20(9-12)11-16(21)19-15-6-4-14(5-7-15)17(22)18-3/h4-7,12-13H,8-11H2,1-3H3,(H,18,22)(H,19,21)/t12-,13-/m1/s1. The van der Waals surface area contributed by atoms with Crippen molar-refractivity contribution in [2.24, 2.45) is 11.8 Å². The van der Waals surface area contributed by atoms with Gasteiger partial charge < -0.3 is 10.6 Å². The normalized spacial score (nSPS) is 22.1. The molecule has 2 amide bonds. The number of amides is 2. The molecule has 2 N–H and O–H groups in total. The van der Waals surface area contributed by atoms with Gasteiger partial charge in [-0.15, -0.1) is 0 Å². The quantitative estimate of drug-likeness (QED) is 0.894. The highest BCUT2D eigenvalue weighted by atomic mass is 16.2. The summed E-state index contributed by atoms with van der Waals surface area (Å²) in [5.41, 5.74) is 1.30. The van der Waals surface area contributed by atoms with Crippen molar-refractivity contribution in [1.82, 2.24) is 10.2 Å². The number of carbonyl (C=O) groups excluding carboxylic acids is 2. The molecule has 1 aromatic rings. The van der Waals surface area contributed by atoms with Crippen LogP contribution in [0.5, 0.6) is 0 Å². The maximum atomic E-state index is 12.1. The van der Waals surface area contributed by atoms with Crippen LogP contribution in [-0.2, 0) is 4.79 Å². The fraction of sp³-hybridized carbons (Fsp3) is 0.529. The lowest BCUT2D eigenvalue weighted by atomic mass is 9.92. The fourth-order valence-corrected chi connectivity index (χ4v) is 3.17. The zero-order valence-corrected chi connectivity index (χ0v) is 13.6. The third-order valence-electron chi connectivity index (χ3n) is 3.97. The molecule has 0 unspecified atom stereocenters. The number of benzene rings is 1. The average Bonchev–Trinajstić information content (AvgIpc) is 2.46. The number of hydrogen-bond donors (Lipinski definition) is 2. The van der Waals surface area contributed by atoms with Crippen molar-refractivity contribution in [1.29, 1.82) is 0 Å². The van der Waals surface area contributed by atoms with Gasteiger partial charge in [0.1, 0.15) is 0 Å². The number of nitrogens with one attached hydrogen (secondary N) is 2. The number of likely N-dealkylation sites (tertiary alicyclic amines) is 1. The molecule has 1 fully saturated rings. The molecular weight excluding hydrogens is 278 g/mol. The second-order valence-electron chi connectivity index (χ2n) is 6.34. The van der Waals surface area contributed by atoms with E-state index in [1.165, 1.54) is 6.42 Å². The van der Waals surface area contributed by atoms with Gasteiger partial charge in [-0.3, -0.25) is 14.5 Å². The van der Waals surface area contributed by atoms with Gasteiger partial charge in [0.2, 0.25) is 5.91 Å². The minimum Gasteiger partial charge on any atom is -0.355 e. The average molecular weight is 303 g/mol. The largest absolute Gasteiger partial charge is 0.355 e. The minimum absolute atomic E-state index is 0.00556. The SMILES string of the molecule is CNC(=O)c1ccc(NC(=O)CN2C[C@H](C)C[C@@H](C)C2)cc1. The summed E-state index contributed by atoms with van der Waals surface area (Å²) < 4.78 is 0. The van der Waals surface area contributed by atoms with Crippen LogP contribution in [0.25, 0.3) is 0 Å². The molecule has 120 valence electrons. The van der Waals surface area contributed by atoms with Crippen LogP contribution in [0.15, 0.2) is 24.3 Å². The van der Waals surface area contributed by atoms with E-state index >= 15 is 0 Å². The Morgan fingerprint density at radius 2 is 1.73 bits per heavy atom. The summed E-state index contributed by atoms with van der Waals surface area (Å²) in [5, 5.41) is 5.46. The molecule has 1 aromatic carbocycles. The molecule has 0 bridgehead atoms. The second kappa shape index (κ2) is 7.40. The molecule has 2 atom stereocenters. The summed E-state index contributed by atoms with van der Waals surface area (Å²) in [4.78, 5) is 25.8. The van der Waals surface area contributed by atoms with E-state index in [1.54, 1.807) is 31.3 Å². The number of anilines is 1. The Morgan fingerprint density at radius 1 is 1.14 bits per heavy atom. The van der Waals surface area contributed by atoms with Crippen molar-refractivity contribution in [3.05, 3.63) is 29.8 Å². The van der Waals surface area contributed by atoms with Gasteiger partial charge >= 0.3 is 0 Å². The molecule has 22 heavy (non-hydrogen) atoms. The van der Waals surface area contributed by atoms with Gasteiger partial charge in [0.15, 0.2) is 0 Å². The lowest BCUT2D eigenvalue weighted by Gasteiger charge is -2.34. The molecule has 0 aliphatic carbocycles. The predicted molar refractivity (Wildman–Crippen MR) is 87.8 cm³/mol. The summed E-state index contributed by atoms with van der Waals surface area (Å²) in [6, 6.07) is 6.92. The van der Waals surface area contributed by atoms with Crippen molar-refractivity contribution in [3.8, 4) is 0 Å². The molecule has 0 saturated carbocycles. The highest BCUT2D eigenvalue weighted by Crippen LogP contribution is 2.20. The molecule has 0 aromatic heterocycles. The third kappa shape index (κ3) is 4.56. The Hall–Kier alpha value is -1.88. The first-order valence-electron chi connectivity index (χ1n) is 7.82. The molecule has 1 aliphatic heterocycles. The molecule has 1 heterocycles. The Bertz CT molecular complexity index is 517. The number of carbonyl (C=O) groups is 2. The van der Waals surface area contributed by atoms with E-state index in [4.69, 9.17) is 0 Å². The molecule has 1 aliphatic rings. The van der Waals surface area contributed by atoms with Crippen LogP contribution >= 0.6 is 0 Å². The molecular formula is C17H25N3O2. The first kappa shape index (κ1) is 16.5. The second-order valence-corrected chi connectivity index (χ2v) is 6.34. The van der Waals surface area contributed by atoms with Gasteiger partial charge in [0.25, 0.3) is 5.91 Å². The number of nitrogens with zero attached hydrogens (tertiary/aromatic N) is 1. The van der Waals surface area contributed by atoms with Crippen LogP contribution in [0.1, 0.15) is 30.6 Å². The number of rotatable bonds is 4. The Balaban J connectivity index is 1.87. The van der Waals surface area contributed by atoms with Crippen molar-refractivity contribution in [2.75, 3.05) is 32.0 Å². The molecule has 0 spiro atoms. The summed E-state index contributed by atoms with van der Waals surface area (Å²) >= 11 is 0. The van der Waals surface area contributed by atoms with Crippen LogP contribution in [0.4, 0.5) is 5.69 Å². The van der Waals surface area contributed by atoms with Gasteiger partial charge in [0.05, 0.1) is 6.54 Å². The topological polar surface area (TPSA) is 61.4 Å². The minimum atomic E-state index is -0.130. The molecule has 5 nitrogen and oxygen atoms in total. The first-order chi connectivity index (χ1) is 10.5. The third-order valence-corrected chi connectivity index (χ3v) is 3.97. The van der Waals surface area contributed by atoms with Crippen LogP contribution in [0.3, 0.4) is 0 Å². The van der Waals surface area contributed by atoms with Gasteiger partial charge in [-0.1, -0.05) is 13.8 Å². The van der Waals surface area contributed by atoms with Gasteiger partial charge in [-0.25, -0.2) is 0 Å². The predicted octanol–water partition coefficient (Wildman–Crippen LogP) is 1.96. The lowest BCUT2D eigenvalue weighted by Crippen LogP contribution is -2.42. The molecule has 2 rings (SSSR count). The maximum absolute atomic E-state index is 12.1. The van der Waals surface area contributed by atoms with E-state index in [0.717, 1.165) is 18.8 Å². The number of hydrogen-bond acceptors (Lipinski definition) is 3. The highest BCUT2D eigenvalue weighted by molar-refractivity contribution is 5.96. The maximum Gasteiger partial charge on any atom is 0.251 e. The van der Waals surface area contributed by atoms with Crippen molar-refractivity contribution >= 4 is 17.5 Å². The van der Waals surface area contributed by atoms with Gasteiger partial charge in [0, 0.05) is 31.4 Å². The zero-order valence-electron chi connectivity index (χ0n) is 13.6. The van der Waals surface area contributed by atoms with Gasteiger partial charge in [-0.05, 0) is 42.5 Å².